The van der Waals surface area contributed by atoms with Gasteiger partial charge in [0.25, 0.3) is 0 Å². The lowest BCUT2D eigenvalue weighted by molar-refractivity contribution is 0.616. The fraction of sp³-hybridized carbons (Fsp3) is 0.364. The minimum atomic E-state index is -1.08. The summed E-state index contributed by atoms with van der Waals surface area (Å²) in [5.74, 6) is 0. The van der Waals surface area contributed by atoms with Crippen molar-refractivity contribution in [2.45, 2.75) is 51.4 Å². The normalized spacial score (nSPS) is 14.4. The van der Waals surface area contributed by atoms with E-state index in [4.69, 9.17) is 5.73 Å². The van der Waals surface area contributed by atoms with Crippen molar-refractivity contribution in [2.24, 2.45) is 5.73 Å². The molecule has 4 aromatic rings. The maximum Gasteiger partial charge on any atom is 0.137 e. The first kappa shape index (κ1) is 25.0. The topological polar surface area (TPSA) is 112 Å². The zero-order valence-corrected chi connectivity index (χ0v) is 20.1. The van der Waals surface area contributed by atoms with Crippen LogP contribution in [0.1, 0.15) is 57.8 Å². The third-order valence-electron chi connectivity index (χ3n) is 4.71. The number of fused-ring (bicyclic) bond motifs is 2. The van der Waals surface area contributed by atoms with Gasteiger partial charge in [0, 0.05) is 47.6 Å². The summed E-state index contributed by atoms with van der Waals surface area (Å²) in [7, 11) is -1.08. The van der Waals surface area contributed by atoms with E-state index in [2.05, 4.69) is 36.8 Å². The van der Waals surface area contributed by atoms with Crippen LogP contribution in [0.4, 0.5) is 0 Å². The SMILES string of the molecule is C[C@H](N)c1cnc2[nH]ccc2c1.C[C@H](N[S@@](=O)C(C)(C)C)c1cnc2[nH]ccc2c1.Cl. The highest BCUT2D eigenvalue weighted by Crippen LogP contribution is 2.19. The predicted octanol–water partition coefficient (Wildman–Crippen LogP) is 4.68. The van der Waals surface area contributed by atoms with Gasteiger partial charge in [-0.1, -0.05) is 0 Å². The average molecular weight is 463 g/mol. The van der Waals surface area contributed by atoms with Gasteiger partial charge in [-0.25, -0.2) is 18.9 Å². The molecule has 0 aliphatic rings. The fourth-order valence-corrected chi connectivity index (χ4v) is 3.62. The summed E-state index contributed by atoms with van der Waals surface area (Å²) < 4.78 is 14.9. The van der Waals surface area contributed by atoms with E-state index >= 15 is 0 Å². The molecule has 0 saturated heterocycles. The van der Waals surface area contributed by atoms with E-state index in [1.54, 1.807) is 0 Å². The number of aromatic nitrogens is 4. The summed E-state index contributed by atoms with van der Waals surface area (Å²) in [4.78, 5) is 14.7. The van der Waals surface area contributed by atoms with Crippen molar-refractivity contribution in [1.82, 2.24) is 24.7 Å². The minimum Gasteiger partial charge on any atom is -0.346 e. The Morgan fingerprint density at radius 3 is 1.94 bits per heavy atom. The predicted molar refractivity (Wildman–Crippen MR) is 131 cm³/mol. The molecule has 31 heavy (non-hydrogen) atoms. The zero-order chi connectivity index (χ0) is 21.9. The van der Waals surface area contributed by atoms with Crippen molar-refractivity contribution in [3.8, 4) is 0 Å². The zero-order valence-electron chi connectivity index (χ0n) is 18.5. The van der Waals surface area contributed by atoms with Crippen LogP contribution in [0.5, 0.6) is 0 Å². The molecule has 0 aromatic carbocycles. The lowest BCUT2D eigenvalue weighted by Crippen LogP contribution is -2.34. The summed E-state index contributed by atoms with van der Waals surface area (Å²) in [6.45, 7) is 9.82. The Hall–Kier alpha value is -2.26. The second-order valence-electron chi connectivity index (χ2n) is 8.38. The Balaban J connectivity index is 0.000000229. The van der Waals surface area contributed by atoms with Crippen LogP contribution < -0.4 is 10.5 Å². The molecule has 0 aliphatic heterocycles. The molecular formula is C22H31ClN6OS. The standard InChI is InChI=1S/C13H19N3OS.C9H11N3.ClH/c1-9(16-18(17)13(2,3)4)11-7-10-5-6-14-12(10)15-8-11;1-6(10)8-4-7-2-3-11-9(7)12-5-8;/h5-9,16H,1-4H3,(H,14,15);2-6H,10H2,1H3,(H,11,12);1H/t9-,18-;6-;/m00./s1. The summed E-state index contributed by atoms with van der Waals surface area (Å²) in [5, 5.41) is 2.19. The second kappa shape index (κ2) is 10.4. The van der Waals surface area contributed by atoms with Crippen molar-refractivity contribution in [1.29, 1.82) is 0 Å². The maximum atomic E-state index is 12.0. The molecule has 3 atom stereocenters. The van der Waals surface area contributed by atoms with Crippen LogP contribution in [0.15, 0.2) is 49.1 Å². The summed E-state index contributed by atoms with van der Waals surface area (Å²) in [6, 6.07) is 8.17. The molecule has 7 nitrogen and oxygen atoms in total. The smallest absolute Gasteiger partial charge is 0.137 e. The molecule has 0 fully saturated rings. The molecule has 4 rings (SSSR count). The largest absolute Gasteiger partial charge is 0.346 e. The van der Waals surface area contributed by atoms with Crippen molar-refractivity contribution < 1.29 is 4.21 Å². The van der Waals surface area contributed by atoms with Crippen molar-refractivity contribution >= 4 is 45.5 Å². The highest BCUT2D eigenvalue weighted by molar-refractivity contribution is 7.84. The van der Waals surface area contributed by atoms with E-state index in [0.29, 0.717) is 0 Å². The summed E-state index contributed by atoms with van der Waals surface area (Å²) in [5.41, 5.74) is 9.63. The van der Waals surface area contributed by atoms with Gasteiger partial charge in [-0.3, -0.25) is 0 Å². The minimum absolute atomic E-state index is 0. The molecule has 4 heterocycles. The molecule has 168 valence electrons. The Labute approximate surface area is 191 Å². The van der Waals surface area contributed by atoms with Gasteiger partial charge in [0.1, 0.15) is 11.3 Å². The van der Waals surface area contributed by atoms with E-state index in [9.17, 15) is 4.21 Å². The van der Waals surface area contributed by atoms with E-state index < -0.39 is 11.0 Å². The average Bonchev–Trinajstić information content (AvgIpc) is 3.35. The van der Waals surface area contributed by atoms with Gasteiger partial charge >= 0.3 is 0 Å². The van der Waals surface area contributed by atoms with Gasteiger partial charge in [0.15, 0.2) is 0 Å². The highest BCUT2D eigenvalue weighted by Gasteiger charge is 2.21. The van der Waals surface area contributed by atoms with Gasteiger partial charge < -0.3 is 15.7 Å². The molecule has 0 aliphatic carbocycles. The molecule has 0 radical (unpaired) electrons. The number of nitrogens with zero attached hydrogens (tertiary/aromatic N) is 2. The van der Waals surface area contributed by atoms with Crippen LogP contribution in [0.25, 0.3) is 22.1 Å². The number of nitrogens with two attached hydrogens (primary N) is 1. The first-order valence-corrected chi connectivity index (χ1v) is 11.1. The number of aromatic amines is 2. The van der Waals surface area contributed by atoms with Gasteiger partial charge in [-0.05, 0) is 70.0 Å². The molecule has 0 unspecified atom stereocenters. The molecule has 0 amide bonds. The third kappa shape index (κ3) is 6.36. The van der Waals surface area contributed by atoms with Crippen LogP contribution in [-0.4, -0.2) is 28.9 Å². The lowest BCUT2D eigenvalue weighted by Gasteiger charge is -2.22. The Morgan fingerprint density at radius 1 is 0.968 bits per heavy atom. The van der Waals surface area contributed by atoms with Crippen LogP contribution in [0.2, 0.25) is 0 Å². The molecule has 4 aromatic heterocycles. The van der Waals surface area contributed by atoms with Gasteiger partial charge in [-0.15, -0.1) is 12.4 Å². The molecular weight excluding hydrogens is 432 g/mol. The van der Waals surface area contributed by atoms with Crippen LogP contribution in [-0.2, 0) is 11.0 Å². The van der Waals surface area contributed by atoms with E-state index in [-0.39, 0.29) is 29.2 Å². The van der Waals surface area contributed by atoms with Crippen molar-refractivity contribution in [3.63, 3.8) is 0 Å². The molecule has 0 bridgehead atoms. The number of hydrogen-bond donors (Lipinski definition) is 4. The summed E-state index contributed by atoms with van der Waals surface area (Å²) in [6.07, 6.45) is 7.37. The van der Waals surface area contributed by atoms with Crippen LogP contribution in [0, 0.1) is 0 Å². The quantitative estimate of drug-likeness (QED) is 0.352. The monoisotopic (exact) mass is 462 g/mol. The van der Waals surface area contributed by atoms with Gasteiger partial charge in [0.05, 0.1) is 15.7 Å². The first-order chi connectivity index (χ1) is 14.1. The van der Waals surface area contributed by atoms with E-state index in [1.165, 1.54) is 0 Å². The number of rotatable bonds is 4. The number of hydrogen-bond acceptors (Lipinski definition) is 4. The Bertz CT molecular complexity index is 1150. The molecule has 9 heteroatoms. The molecule has 0 spiro atoms. The fourth-order valence-electron chi connectivity index (χ4n) is 2.80. The number of pyridine rings is 2. The van der Waals surface area contributed by atoms with E-state index in [1.807, 2.05) is 71.5 Å². The van der Waals surface area contributed by atoms with Crippen molar-refractivity contribution in [2.75, 3.05) is 0 Å². The molecule has 0 saturated carbocycles. The Morgan fingerprint density at radius 2 is 1.45 bits per heavy atom. The number of halogens is 1. The third-order valence-corrected chi connectivity index (χ3v) is 6.39. The number of nitrogens with one attached hydrogen (secondary N) is 3. The Kier molecular flexibility index (Phi) is 8.36. The summed E-state index contributed by atoms with van der Waals surface area (Å²) >= 11 is 0. The second-order valence-corrected chi connectivity index (χ2v) is 10.4. The maximum absolute atomic E-state index is 12.0. The van der Waals surface area contributed by atoms with Crippen molar-refractivity contribution in [3.05, 3.63) is 60.2 Å². The van der Waals surface area contributed by atoms with E-state index in [0.717, 1.165) is 33.2 Å². The number of H-pyrrole nitrogens is 2. The lowest BCUT2D eigenvalue weighted by atomic mass is 10.1. The van der Waals surface area contributed by atoms with Crippen LogP contribution in [0.3, 0.4) is 0 Å². The molecule has 5 N–H and O–H groups in total. The first-order valence-electron chi connectivity index (χ1n) is 9.95. The van der Waals surface area contributed by atoms with Crippen LogP contribution >= 0.6 is 12.4 Å². The van der Waals surface area contributed by atoms with Gasteiger partial charge in [0.2, 0.25) is 0 Å². The van der Waals surface area contributed by atoms with Gasteiger partial charge in [-0.2, -0.15) is 0 Å². The highest BCUT2D eigenvalue weighted by atomic mass is 35.5.